The molecule has 1 heterocycles. The highest BCUT2D eigenvalue weighted by molar-refractivity contribution is 5.19. The minimum Gasteiger partial charge on any atom is -0.310 e. The maximum atomic E-state index is 13.1. The molecule has 0 radical (unpaired) electrons. The second-order valence-electron chi connectivity index (χ2n) is 5.46. The van der Waals surface area contributed by atoms with Gasteiger partial charge in [-0.2, -0.15) is 0 Å². The average Bonchev–Trinajstić information content (AvgIpc) is 2.36. The van der Waals surface area contributed by atoms with Crippen LogP contribution in [-0.2, 0) is 0 Å². The zero-order valence-electron chi connectivity index (χ0n) is 11.3. The van der Waals surface area contributed by atoms with E-state index in [-0.39, 0.29) is 11.9 Å². The fourth-order valence-electron chi connectivity index (χ4n) is 2.68. The van der Waals surface area contributed by atoms with Crippen molar-refractivity contribution in [1.29, 1.82) is 0 Å². The quantitative estimate of drug-likeness (QED) is 0.884. The third-order valence-electron chi connectivity index (χ3n) is 3.78. The van der Waals surface area contributed by atoms with Crippen molar-refractivity contribution >= 4 is 0 Å². The molecule has 3 heteroatoms. The molecule has 2 atom stereocenters. The van der Waals surface area contributed by atoms with Gasteiger partial charge in [-0.25, -0.2) is 4.39 Å². The van der Waals surface area contributed by atoms with Crippen LogP contribution < -0.4 is 5.32 Å². The average molecular weight is 250 g/mol. The molecule has 0 aromatic heterocycles. The summed E-state index contributed by atoms with van der Waals surface area (Å²) < 4.78 is 13.1. The Morgan fingerprint density at radius 2 is 2.33 bits per heavy atom. The first-order chi connectivity index (χ1) is 8.65. The van der Waals surface area contributed by atoms with Gasteiger partial charge in [-0.05, 0) is 63.5 Å². The molecule has 18 heavy (non-hydrogen) atoms. The number of nitrogens with zero attached hydrogens (tertiary/aromatic N) is 1. The van der Waals surface area contributed by atoms with Crippen molar-refractivity contribution in [2.75, 3.05) is 26.7 Å². The van der Waals surface area contributed by atoms with E-state index in [0.717, 1.165) is 18.0 Å². The molecule has 100 valence electrons. The molecule has 0 aliphatic carbocycles. The molecular formula is C15H23FN2. The molecule has 1 aliphatic rings. The fraction of sp³-hybridized carbons (Fsp3) is 0.600. The molecule has 0 bridgehead atoms. The highest BCUT2D eigenvalue weighted by Crippen LogP contribution is 2.17. The van der Waals surface area contributed by atoms with E-state index in [1.807, 2.05) is 6.07 Å². The molecule has 2 rings (SSSR count). The third kappa shape index (κ3) is 3.79. The second kappa shape index (κ2) is 6.30. The van der Waals surface area contributed by atoms with Gasteiger partial charge in [0, 0.05) is 12.6 Å². The molecule has 1 aromatic rings. The van der Waals surface area contributed by atoms with Crippen molar-refractivity contribution in [2.24, 2.45) is 5.92 Å². The Kier molecular flexibility index (Phi) is 4.72. The Hall–Kier alpha value is -0.930. The summed E-state index contributed by atoms with van der Waals surface area (Å²) in [5.74, 6) is 0.568. The van der Waals surface area contributed by atoms with Crippen LogP contribution in [0.25, 0.3) is 0 Å². The maximum absolute atomic E-state index is 13.1. The predicted molar refractivity (Wildman–Crippen MR) is 73.0 cm³/mol. The topological polar surface area (TPSA) is 15.3 Å². The van der Waals surface area contributed by atoms with E-state index in [1.165, 1.54) is 32.0 Å². The molecule has 0 saturated carbocycles. The van der Waals surface area contributed by atoms with Crippen molar-refractivity contribution in [3.63, 3.8) is 0 Å². The number of hydrogen-bond donors (Lipinski definition) is 1. The van der Waals surface area contributed by atoms with Crippen molar-refractivity contribution in [1.82, 2.24) is 10.2 Å². The maximum Gasteiger partial charge on any atom is 0.123 e. The van der Waals surface area contributed by atoms with E-state index in [0.29, 0.717) is 0 Å². The fourth-order valence-corrected chi connectivity index (χ4v) is 2.68. The van der Waals surface area contributed by atoms with E-state index in [1.54, 1.807) is 12.1 Å². The van der Waals surface area contributed by atoms with Crippen molar-refractivity contribution in [2.45, 2.75) is 25.8 Å². The molecule has 2 unspecified atom stereocenters. The molecule has 2 nitrogen and oxygen atoms in total. The summed E-state index contributed by atoms with van der Waals surface area (Å²) in [4.78, 5) is 2.39. The lowest BCUT2D eigenvalue weighted by molar-refractivity contribution is 0.203. The normalized spacial score (nSPS) is 22.9. The molecule has 1 fully saturated rings. The summed E-state index contributed by atoms with van der Waals surface area (Å²) in [5, 5.41) is 3.52. The summed E-state index contributed by atoms with van der Waals surface area (Å²) in [5.41, 5.74) is 1.03. The number of rotatable bonds is 4. The van der Waals surface area contributed by atoms with Gasteiger partial charge < -0.3 is 10.2 Å². The SMILES string of the molecule is CC(NCC1CCCN(C)C1)c1cccc(F)c1. The lowest BCUT2D eigenvalue weighted by atomic mass is 9.97. The Morgan fingerprint density at radius 3 is 3.06 bits per heavy atom. The van der Waals surface area contributed by atoms with Crippen LogP contribution in [0, 0.1) is 11.7 Å². The lowest BCUT2D eigenvalue weighted by Gasteiger charge is -2.30. The molecule has 0 amide bonds. The minimum atomic E-state index is -0.154. The number of benzene rings is 1. The second-order valence-corrected chi connectivity index (χ2v) is 5.46. The monoisotopic (exact) mass is 250 g/mol. The Balaban J connectivity index is 1.82. The van der Waals surface area contributed by atoms with Crippen LogP contribution >= 0.6 is 0 Å². The highest BCUT2D eigenvalue weighted by atomic mass is 19.1. The van der Waals surface area contributed by atoms with E-state index >= 15 is 0 Å². The summed E-state index contributed by atoms with van der Waals surface area (Å²) in [7, 11) is 2.18. The number of halogens is 1. The van der Waals surface area contributed by atoms with Crippen LogP contribution in [0.3, 0.4) is 0 Å². The molecular weight excluding hydrogens is 227 g/mol. The van der Waals surface area contributed by atoms with Gasteiger partial charge in [0.1, 0.15) is 5.82 Å². The van der Waals surface area contributed by atoms with Gasteiger partial charge in [0.2, 0.25) is 0 Å². The molecule has 1 aliphatic heterocycles. The first-order valence-corrected chi connectivity index (χ1v) is 6.82. The number of hydrogen-bond acceptors (Lipinski definition) is 2. The third-order valence-corrected chi connectivity index (χ3v) is 3.78. The van der Waals surface area contributed by atoms with E-state index in [9.17, 15) is 4.39 Å². The van der Waals surface area contributed by atoms with Gasteiger partial charge in [0.25, 0.3) is 0 Å². The van der Waals surface area contributed by atoms with E-state index in [2.05, 4.69) is 24.2 Å². The Morgan fingerprint density at radius 1 is 1.50 bits per heavy atom. The standard InChI is InChI=1S/C15H23FN2/c1-12(14-6-3-7-15(16)9-14)17-10-13-5-4-8-18(2)11-13/h3,6-7,9,12-13,17H,4-5,8,10-11H2,1-2H3. The van der Waals surface area contributed by atoms with Gasteiger partial charge in [0.05, 0.1) is 0 Å². The van der Waals surface area contributed by atoms with E-state index < -0.39 is 0 Å². The first kappa shape index (κ1) is 13.5. The van der Waals surface area contributed by atoms with Gasteiger partial charge in [-0.3, -0.25) is 0 Å². The number of nitrogens with one attached hydrogen (secondary N) is 1. The van der Waals surface area contributed by atoms with Gasteiger partial charge in [-0.1, -0.05) is 12.1 Å². The molecule has 1 aromatic carbocycles. The number of piperidine rings is 1. The summed E-state index contributed by atoms with van der Waals surface area (Å²) in [6.07, 6.45) is 2.59. The highest BCUT2D eigenvalue weighted by Gasteiger charge is 2.17. The summed E-state index contributed by atoms with van der Waals surface area (Å²) in [6.45, 7) is 5.50. The van der Waals surface area contributed by atoms with Crippen LogP contribution in [0.4, 0.5) is 4.39 Å². The van der Waals surface area contributed by atoms with Crippen molar-refractivity contribution in [3.05, 3.63) is 35.6 Å². The largest absolute Gasteiger partial charge is 0.310 e. The smallest absolute Gasteiger partial charge is 0.123 e. The van der Waals surface area contributed by atoms with Crippen LogP contribution in [-0.4, -0.2) is 31.6 Å². The Labute approximate surface area is 109 Å². The van der Waals surface area contributed by atoms with E-state index in [4.69, 9.17) is 0 Å². The predicted octanol–water partition coefficient (Wildman–Crippen LogP) is 2.82. The Bertz CT molecular complexity index is 381. The van der Waals surface area contributed by atoms with Crippen LogP contribution in [0.15, 0.2) is 24.3 Å². The summed E-state index contributed by atoms with van der Waals surface area (Å²) in [6, 6.07) is 7.08. The van der Waals surface area contributed by atoms with Crippen molar-refractivity contribution < 1.29 is 4.39 Å². The summed E-state index contributed by atoms with van der Waals surface area (Å²) >= 11 is 0. The van der Waals surface area contributed by atoms with Crippen LogP contribution in [0.5, 0.6) is 0 Å². The first-order valence-electron chi connectivity index (χ1n) is 6.82. The zero-order valence-corrected chi connectivity index (χ0v) is 11.3. The van der Waals surface area contributed by atoms with Gasteiger partial charge in [0.15, 0.2) is 0 Å². The zero-order chi connectivity index (χ0) is 13.0. The molecule has 1 saturated heterocycles. The lowest BCUT2D eigenvalue weighted by Crippen LogP contribution is -2.37. The molecule has 0 spiro atoms. The van der Waals surface area contributed by atoms with Gasteiger partial charge in [-0.15, -0.1) is 0 Å². The van der Waals surface area contributed by atoms with Gasteiger partial charge >= 0.3 is 0 Å². The van der Waals surface area contributed by atoms with Crippen LogP contribution in [0.1, 0.15) is 31.4 Å². The van der Waals surface area contributed by atoms with Crippen LogP contribution in [0.2, 0.25) is 0 Å². The van der Waals surface area contributed by atoms with Crippen molar-refractivity contribution in [3.8, 4) is 0 Å². The minimum absolute atomic E-state index is 0.154. The molecule has 1 N–H and O–H groups in total. The number of likely N-dealkylation sites (tertiary alicyclic amines) is 1.